The number of esters is 2. The Kier molecular flexibility index (Phi) is 16.1. The smallest absolute Gasteiger partial charge is 0.311 e. The molecule has 0 saturated heterocycles. The molecule has 0 aliphatic rings. The van der Waals surface area contributed by atoms with Crippen LogP contribution in [0.2, 0.25) is 0 Å². The van der Waals surface area contributed by atoms with Gasteiger partial charge in [-0.05, 0) is 35.5 Å². The first-order chi connectivity index (χ1) is 18.5. The minimum absolute atomic E-state index is 0.0357. The van der Waals surface area contributed by atoms with Crippen LogP contribution in [0, 0.1) is 21.7 Å². The molecule has 41 heavy (non-hydrogen) atoms. The first-order valence-corrected chi connectivity index (χ1v) is 15.7. The van der Waals surface area contributed by atoms with Crippen molar-refractivity contribution in [3.63, 3.8) is 0 Å². The van der Waals surface area contributed by atoms with Crippen molar-refractivity contribution in [1.82, 2.24) is 0 Å². The van der Waals surface area contributed by atoms with Gasteiger partial charge in [0.15, 0.2) is 0 Å². The van der Waals surface area contributed by atoms with E-state index in [0.29, 0.717) is 61.4 Å². The summed E-state index contributed by atoms with van der Waals surface area (Å²) in [4.78, 5) is 25.7. The lowest BCUT2D eigenvalue weighted by Gasteiger charge is -2.39. The molecule has 8 heteroatoms. The van der Waals surface area contributed by atoms with E-state index in [1.807, 2.05) is 7.05 Å². The van der Waals surface area contributed by atoms with Crippen molar-refractivity contribution in [1.29, 1.82) is 0 Å². The van der Waals surface area contributed by atoms with E-state index in [-0.39, 0.29) is 59.7 Å². The third kappa shape index (κ3) is 18.8. The number of likely N-dealkylation sites (N-methyl/N-ethyl adjacent to an activating group) is 2. The Balaban J connectivity index is 5.38. The number of hydrogen-bond donors (Lipinski definition) is 2. The van der Waals surface area contributed by atoms with Crippen LogP contribution in [0.3, 0.4) is 0 Å². The summed E-state index contributed by atoms with van der Waals surface area (Å²) in [6.07, 6.45) is 3.39. The van der Waals surface area contributed by atoms with Gasteiger partial charge in [0.1, 0.15) is 26.2 Å². The van der Waals surface area contributed by atoms with Crippen LogP contribution in [0.4, 0.5) is 0 Å². The van der Waals surface area contributed by atoms with Gasteiger partial charge in [-0.2, -0.15) is 0 Å². The molecule has 2 unspecified atom stereocenters. The van der Waals surface area contributed by atoms with Crippen molar-refractivity contribution in [2.75, 3.05) is 79.8 Å². The van der Waals surface area contributed by atoms with Gasteiger partial charge in [-0.25, -0.2) is 0 Å². The van der Waals surface area contributed by atoms with Crippen molar-refractivity contribution in [3.05, 3.63) is 0 Å². The van der Waals surface area contributed by atoms with Crippen molar-refractivity contribution in [2.24, 2.45) is 21.7 Å². The van der Waals surface area contributed by atoms with Crippen molar-refractivity contribution in [2.45, 2.75) is 101 Å². The first kappa shape index (κ1) is 39.8. The maximum atomic E-state index is 12.9. The Morgan fingerprint density at radius 1 is 0.610 bits per heavy atom. The van der Waals surface area contributed by atoms with E-state index in [1.165, 1.54) is 0 Å². The van der Waals surface area contributed by atoms with Crippen LogP contribution in [0.5, 0.6) is 0 Å². The Hall–Kier alpha value is -1.22. The van der Waals surface area contributed by atoms with Crippen LogP contribution < -0.4 is 0 Å². The van der Waals surface area contributed by atoms with Crippen molar-refractivity contribution in [3.8, 4) is 0 Å². The summed E-state index contributed by atoms with van der Waals surface area (Å²) in [6.45, 7) is 26.2. The van der Waals surface area contributed by atoms with Gasteiger partial charge in [0.25, 0.3) is 0 Å². The zero-order valence-corrected chi connectivity index (χ0v) is 29.0. The molecular formula is C33H68N2O6+2. The molecule has 0 aromatic carbocycles. The fraction of sp³-hybridized carbons (Fsp3) is 0.939. The highest BCUT2D eigenvalue weighted by Gasteiger charge is 2.33. The number of hydrogen-bond acceptors (Lipinski definition) is 6. The van der Waals surface area contributed by atoms with Crippen LogP contribution in [-0.2, 0) is 19.1 Å². The highest BCUT2D eigenvalue weighted by Crippen LogP contribution is 2.36. The summed E-state index contributed by atoms with van der Waals surface area (Å²) in [5.74, 6) is -0.430. The molecule has 0 saturated carbocycles. The summed E-state index contributed by atoms with van der Waals surface area (Å²) in [6, 6.07) is 0. The van der Waals surface area contributed by atoms with Gasteiger partial charge in [0.2, 0.25) is 0 Å². The Labute approximate surface area is 252 Å². The summed E-state index contributed by atoms with van der Waals surface area (Å²) < 4.78 is 12.5. The molecule has 0 fully saturated rings. The molecule has 0 aromatic heterocycles. The van der Waals surface area contributed by atoms with Crippen LogP contribution in [0.15, 0.2) is 0 Å². The van der Waals surface area contributed by atoms with E-state index < -0.39 is 0 Å². The van der Waals surface area contributed by atoms with Crippen LogP contribution in [0.1, 0.15) is 101 Å². The molecule has 244 valence electrons. The monoisotopic (exact) mass is 589 g/mol. The van der Waals surface area contributed by atoms with E-state index in [2.05, 4.69) is 76.3 Å². The van der Waals surface area contributed by atoms with E-state index in [1.54, 1.807) is 0 Å². The van der Waals surface area contributed by atoms with Gasteiger partial charge in [-0.3, -0.25) is 9.59 Å². The molecule has 0 aromatic rings. The van der Waals surface area contributed by atoms with Crippen molar-refractivity contribution < 1.29 is 38.2 Å². The second-order valence-electron chi connectivity index (χ2n) is 16.7. The fourth-order valence-electron chi connectivity index (χ4n) is 6.08. The first-order valence-electron chi connectivity index (χ1n) is 15.7. The highest BCUT2D eigenvalue weighted by atomic mass is 16.5. The van der Waals surface area contributed by atoms with Gasteiger partial charge in [0, 0.05) is 5.41 Å². The zero-order valence-electron chi connectivity index (χ0n) is 29.0. The second-order valence-corrected chi connectivity index (χ2v) is 16.7. The predicted octanol–water partition coefficient (Wildman–Crippen LogP) is 5.05. The maximum absolute atomic E-state index is 12.9. The molecule has 0 heterocycles. The van der Waals surface area contributed by atoms with Crippen LogP contribution >= 0.6 is 0 Å². The van der Waals surface area contributed by atoms with E-state index >= 15 is 0 Å². The molecule has 0 radical (unpaired) electrons. The largest absolute Gasteiger partial charge is 0.465 e. The van der Waals surface area contributed by atoms with Crippen LogP contribution in [-0.4, -0.2) is 111 Å². The molecule has 8 nitrogen and oxygen atoms in total. The Bertz CT molecular complexity index is 780. The summed E-state index contributed by atoms with van der Waals surface area (Å²) in [5.41, 5.74) is 0.126. The van der Waals surface area contributed by atoms with E-state index in [0.717, 1.165) is 19.3 Å². The molecule has 0 spiro atoms. The van der Waals surface area contributed by atoms with Gasteiger partial charge in [0.05, 0.1) is 66.5 Å². The van der Waals surface area contributed by atoms with Crippen molar-refractivity contribution >= 4 is 11.9 Å². The lowest BCUT2D eigenvalue weighted by atomic mass is 9.74. The third-order valence-electron chi connectivity index (χ3n) is 8.20. The summed E-state index contributed by atoms with van der Waals surface area (Å²) in [7, 11) is 4.10. The number of quaternary nitrogens is 2. The van der Waals surface area contributed by atoms with E-state index in [4.69, 9.17) is 9.47 Å². The molecule has 0 rings (SSSR count). The SMILES string of the molecule is CCC(C)(COC(=O)CC[N+](C)(CCC(=O)OCC(C)(C)CC(C)(C)C)CC[N+](C)(CCO)CCO)CC(C)(C)C. The fourth-order valence-corrected chi connectivity index (χ4v) is 6.08. The summed E-state index contributed by atoms with van der Waals surface area (Å²) in [5, 5.41) is 19.2. The number of aliphatic hydroxyl groups is 2. The number of rotatable bonds is 20. The number of aliphatic hydroxyl groups excluding tert-OH is 2. The topological polar surface area (TPSA) is 93.1 Å². The van der Waals surface area contributed by atoms with Gasteiger partial charge in [-0.15, -0.1) is 0 Å². The Morgan fingerprint density at radius 3 is 1.37 bits per heavy atom. The minimum Gasteiger partial charge on any atom is -0.465 e. The average molecular weight is 589 g/mol. The molecule has 0 bridgehead atoms. The van der Waals surface area contributed by atoms with Gasteiger partial charge in [-0.1, -0.05) is 69.2 Å². The molecular weight excluding hydrogens is 520 g/mol. The standard InChI is InChI=1S/C33H68N2O6/c1-13-33(10,25-31(5,6)7)27-41-29(39)15-17-34(11,18-19-35(12,20-22-36)21-23-37)16-14-28(38)40-26-32(8,9)24-30(2,3)4/h36-37H,13-27H2,1-12H3/q+2. The average Bonchev–Trinajstić information content (AvgIpc) is 2.81. The predicted molar refractivity (Wildman–Crippen MR) is 167 cm³/mol. The lowest BCUT2D eigenvalue weighted by Crippen LogP contribution is -2.57. The number of nitrogens with zero attached hydrogens (tertiary/aromatic N) is 2. The quantitative estimate of drug-likeness (QED) is 0.153. The minimum atomic E-state index is -0.220. The maximum Gasteiger partial charge on any atom is 0.311 e. The normalized spacial score (nSPS) is 16.1. The molecule has 2 N–H and O–H groups in total. The van der Waals surface area contributed by atoms with E-state index in [9.17, 15) is 19.8 Å². The molecule has 0 aliphatic heterocycles. The number of carbonyl (C=O) groups is 2. The zero-order chi connectivity index (χ0) is 32.2. The lowest BCUT2D eigenvalue weighted by molar-refractivity contribution is -0.963. The highest BCUT2D eigenvalue weighted by molar-refractivity contribution is 5.70. The van der Waals surface area contributed by atoms with Gasteiger partial charge < -0.3 is 28.7 Å². The second kappa shape index (κ2) is 16.6. The molecule has 0 amide bonds. The number of ether oxygens (including phenoxy) is 2. The summed E-state index contributed by atoms with van der Waals surface area (Å²) >= 11 is 0. The molecule has 2 atom stereocenters. The number of carbonyl (C=O) groups excluding carboxylic acids is 2. The molecule has 0 aliphatic carbocycles. The Morgan fingerprint density at radius 2 is 1.00 bits per heavy atom. The van der Waals surface area contributed by atoms with Gasteiger partial charge >= 0.3 is 11.9 Å². The third-order valence-corrected chi connectivity index (χ3v) is 8.20. The van der Waals surface area contributed by atoms with Crippen LogP contribution in [0.25, 0.3) is 0 Å².